The fourth-order valence-electron chi connectivity index (χ4n) is 3.17. The van der Waals surface area contributed by atoms with E-state index in [-0.39, 0.29) is 5.91 Å². The lowest BCUT2D eigenvalue weighted by Gasteiger charge is -2.08. The van der Waals surface area contributed by atoms with Gasteiger partial charge in [0, 0.05) is 22.5 Å². The average Bonchev–Trinajstić information content (AvgIpc) is 2.95. The van der Waals surface area contributed by atoms with Crippen LogP contribution in [-0.2, 0) is 11.2 Å². The number of rotatable bonds is 3. The topological polar surface area (TPSA) is 42.2 Å². The van der Waals surface area contributed by atoms with Crippen molar-refractivity contribution < 1.29 is 9.21 Å². The van der Waals surface area contributed by atoms with E-state index in [4.69, 9.17) is 4.42 Å². The number of furan rings is 1. The Morgan fingerprint density at radius 3 is 2.60 bits per heavy atom. The van der Waals surface area contributed by atoms with Crippen LogP contribution in [0.5, 0.6) is 0 Å². The first kappa shape index (κ1) is 15.5. The Kier molecular flexibility index (Phi) is 3.77. The standard InChI is InChI=1S/C22H19NO2/c1-14-7-8-15(2)16(11-14)12-22(24)23-17-9-10-19-18-5-3-4-6-20(18)25-21(19)13-17/h3-11,13H,12H2,1-2H3,(H,23,24). The molecule has 0 bridgehead atoms. The molecule has 3 aromatic carbocycles. The molecule has 4 aromatic rings. The van der Waals surface area contributed by atoms with Crippen molar-refractivity contribution >= 4 is 33.5 Å². The summed E-state index contributed by atoms with van der Waals surface area (Å²) in [6.45, 7) is 4.07. The highest BCUT2D eigenvalue weighted by Crippen LogP contribution is 2.30. The zero-order valence-electron chi connectivity index (χ0n) is 14.3. The normalized spacial score (nSPS) is 11.1. The number of nitrogens with one attached hydrogen (secondary N) is 1. The van der Waals surface area contributed by atoms with E-state index in [0.29, 0.717) is 6.42 Å². The molecule has 0 atom stereocenters. The zero-order chi connectivity index (χ0) is 17.4. The average molecular weight is 329 g/mol. The Labute approximate surface area is 146 Å². The Hall–Kier alpha value is -3.07. The Bertz CT molecular complexity index is 1090. The van der Waals surface area contributed by atoms with Crippen LogP contribution >= 0.6 is 0 Å². The summed E-state index contributed by atoms with van der Waals surface area (Å²) >= 11 is 0. The molecule has 1 aromatic heterocycles. The second-order valence-electron chi connectivity index (χ2n) is 6.46. The molecule has 1 heterocycles. The molecule has 0 aliphatic heterocycles. The van der Waals surface area contributed by atoms with Crippen molar-refractivity contribution in [1.29, 1.82) is 0 Å². The lowest BCUT2D eigenvalue weighted by molar-refractivity contribution is -0.115. The van der Waals surface area contributed by atoms with Crippen LogP contribution in [0.15, 0.2) is 65.1 Å². The van der Waals surface area contributed by atoms with Crippen LogP contribution in [0.2, 0.25) is 0 Å². The summed E-state index contributed by atoms with van der Waals surface area (Å²) in [7, 11) is 0. The Balaban J connectivity index is 1.58. The van der Waals surface area contributed by atoms with Crippen molar-refractivity contribution in [2.45, 2.75) is 20.3 Å². The third-order valence-electron chi connectivity index (χ3n) is 4.52. The number of hydrogen-bond acceptors (Lipinski definition) is 2. The van der Waals surface area contributed by atoms with Crippen molar-refractivity contribution in [2.24, 2.45) is 0 Å². The molecular weight excluding hydrogens is 310 g/mol. The van der Waals surface area contributed by atoms with Gasteiger partial charge >= 0.3 is 0 Å². The number of aryl methyl sites for hydroxylation is 2. The number of amides is 1. The van der Waals surface area contributed by atoms with Crippen molar-refractivity contribution in [3.8, 4) is 0 Å². The predicted molar refractivity (Wildman–Crippen MR) is 102 cm³/mol. The Morgan fingerprint density at radius 2 is 1.72 bits per heavy atom. The monoisotopic (exact) mass is 329 g/mol. The molecule has 4 rings (SSSR count). The van der Waals surface area contributed by atoms with Gasteiger partial charge in [-0.3, -0.25) is 4.79 Å². The van der Waals surface area contributed by atoms with Gasteiger partial charge in [-0.2, -0.15) is 0 Å². The van der Waals surface area contributed by atoms with E-state index in [9.17, 15) is 4.79 Å². The molecule has 0 fully saturated rings. The quantitative estimate of drug-likeness (QED) is 0.548. The summed E-state index contributed by atoms with van der Waals surface area (Å²) < 4.78 is 5.88. The SMILES string of the molecule is Cc1ccc(C)c(CC(=O)Nc2ccc3c(c2)oc2ccccc23)c1. The summed E-state index contributed by atoms with van der Waals surface area (Å²) in [5, 5.41) is 5.12. The van der Waals surface area contributed by atoms with Gasteiger partial charge in [0.25, 0.3) is 0 Å². The van der Waals surface area contributed by atoms with Crippen molar-refractivity contribution in [1.82, 2.24) is 0 Å². The van der Waals surface area contributed by atoms with Gasteiger partial charge in [0.1, 0.15) is 11.2 Å². The third kappa shape index (κ3) is 3.01. The minimum atomic E-state index is -0.0239. The number of para-hydroxylation sites is 1. The summed E-state index contributed by atoms with van der Waals surface area (Å²) in [6.07, 6.45) is 0.367. The molecule has 0 saturated carbocycles. The zero-order valence-corrected chi connectivity index (χ0v) is 14.3. The predicted octanol–water partition coefficient (Wildman–Crippen LogP) is 5.38. The molecule has 0 spiro atoms. The van der Waals surface area contributed by atoms with Gasteiger partial charge in [-0.05, 0) is 43.2 Å². The van der Waals surface area contributed by atoms with Crippen LogP contribution < -0.4 is 5.32 Å². The number of carbonyl (C=O) groups is 1. The minimum absolute atomic E-state index is 0.0239. The molecule has 0 radical (unpaired) electrons. The molecule has 0 aliphatic rings. The number of carbonyl (C=O) groups excluding carboxylic acids is 1. The molecule has 25 heavy (non-hydrogen) atoms. The molecule has 3 nitrogen and oxygen atoms in total. The second-order valence-corrected chi connectivity index (χ2v) is 6.46. The van der Waals surface area contributed by atoms with Crippen LogP contribution in [0.3, 0.4) is 0 Å². The summed E-state index contributed by atoms with van der Waals surface area (Å²) in [5.74, 6) is -0.0239. The number of anilines is 1. The third-order valence-corrected chi connectivity index (χ3v) is 4.52. The van der Waals surface area contributed by atoms with E-state index in [0.717, 1.165) is 44.3 Å². The maximum Gasteiger partial charge on any atom is 0.228 e. The number of hydrogen-bond donors (Lipinski definition) is 1. The molecule has 3 heteroatoms. The molecule has 0 saturated heterocycles. The van der Waals surface area contributed by atoms with Crippen molar-refractivity contribution in [3.05, 3.63) is 77.4 Å². The minimum Gasteiger partial charge on any atom is -0.456 e. The highest BCUT2D eigenvalue weighted by Gasteiger charge is 2.10. The van der Waals surface area contributed by atoms with E-state index >= 15 is 0 Å². The van der Waals surface area contributed by atoms with Gasteiger partial charge in [-0.15, -0.1) is 0 Å². The van der Waals surface area contributed by atoms with E-state index in [1.54, 1.807) is 0 Å². The first-order valence-electron chi connectivity index (χ1n) is 8.37. The van der Waals surface area contributed by atoms with Crippen molar-refractivity contribution in [3.63, 3.8) is 0 Å². The van der Waals surface area contributed by atoms with Gasteiger partial charge in [-0.25, -0.2) is 0 Å². The molecule has 1 N–H and O–H groups in total. The molecular formula is C22H19NO2. The first-order chi connectivity index (χ1) is 12.1. The lowest BCUT2D eigenvalue weighted by atomic mass is 10.0. The van der Waals surface area contributed by atoms with Crippen LogP contribution in [0.25, 0.3) is 21.9 Å². The second kappa shape index (κ2) is 6.10. The van der Waals surface area contributed by atoms with Crippen LogP contribution in [-0.4, -0.2) is 5.91 Å². The molecule has 0 unspecified atom stereocenters. The summed E-state index contributed by atoms with van der Waals surface area (Å²) in [5.41, 5.74) is 5.75. The van der Waals surface area contributed by atoms with E-state index in [1.807, 2.05) is 56.3 Å². The number of fused-ring (bicyclic) bond motifs is 3. The number of benzene rings is 3. The highest BCUT2D eigenvalue weighted by atomic mass is 16.3. The lowest BCUT2D eigenvalue weighted by Crippen LogP contribution is -2.15. The van der Waals surface area contributed by atoms with Gasteiger partial charge in [0.15, 0.2) is 0 Å². The maximum atomic E-state index is 12.4. The van der Waals surface area contributed by atoms with E-state index < -0.39 is 0 Å². The highest BCUT2D eigenvalue weighted by molar-refractivity contribution is 6.06. The van der Waals surface area contributed by atoms with Crippen LogP contribution in [0.4, 0.5) is 5.69 Å². The van der Waals surface area contributed by atoms with Gasteiger partial charge in [0.05, 0.1) is 6.42 Å². The van der Waals surface area contributed by atoms with Crippen LogP contribution in [0.1, 0.15) is 16.7 Å². The van der Waals surface area contributed by atoms with Gasteiger partial charge in [-0.1, -0.05) is 42.0 Å². The molecule has 124 valence electrons. The van der Waals surface area contributed by atoms with Crippen LogP contribution in [0, 0.1) is 13.8 Å². The fourth-order valence-corrected chi connectivity index (χ4v) is 3.17. The van der Waals surface area contributed by atoms with Gasteiger partial charge in [0.2, 0.25) is 5.91 Å². The molecule has 1 amide bonds. The van der Waals surface area contributed by atoms with Crippen molar-refractivity contribution in [2.75, 3.05) is 5.32 Å². The van der Waals surface area contributed by atoms with Gasteiger partial charge < -0.3 is 9.73 Å². The molecule has 0 aliphatic carbocycles. The Morgan fingerprint density at radius 1 is 0.920 bits per heavy atom. The fraction of sp³-hybridized carbons (Fsp3) is 0.136. The first-order valence-corrected chi connectivity index (χ1v) is 8.37. The van der Waals surface area contributed by atoms with E-state index in [2.05, 4.69) is 23.5 Å². The summed E-state index contributed by atoms with van der Waals surface area (Å²) in [6, 6.07) is 19.9. The maximum absolute atomic E-state index is 12.4. The largest absolute Gasteiger partial charge is 0.456 e. The summed E-state index contributed by atoms with van der Waals surface area (Å²) in [4.78, 5) is 12.4. The van der Waals surface area contributed by atoms with E-state index in [1.165, 1.54) is 0 Å². The smallest absolute Gasteiger partial charge is 0.228 e.